The zero-order chi connectivity index (χ0) is 18.1. The van der Waals surface area contributed by atoms with E-state index in [1.54, 1.807) is 11.3 Å². The highest BCUT2D eigenvalue weighted by molar-refractivity contribution is 7.22. The number of H-pyrrole nitrogens is 1. The molecule has 0 bridgehead atoms. The summed E-state index contributed by atoms with van der Waals surface area (Å²) in [6.45, 7) is 1.06. The van der Waals surface area contributed by atoms with Crippen LogP contribution in [0.5, 0.6) is 0 Å². The molecule has 1 aromatic carbocycles. The molecule has 0 atom stereocenters. The van der Waals surface area contributed by atoms with E-state index in [-0.39, 0.29) is 0 Å². The molecule has 0 saturated heterocycles. The number of aromatic amines is 1. The molecule has 0 radical (unpaired) electrons. The Hall–Kier alpha value is -2.40. The van der Waals surface area contributed by atoms with Crippen molar-refractivity contribution in [2.24, 2.45) is 5.92 Å². The van der Waals surface area contributed by atoms with Crippen molar-refractivity contribution in [3.8, 4) is 0 Å². The second-order valence-electron chi connectivity index (χ2n) is 7.60. The first-order chi connectivity index (χ1) is 13.3. The fraction of sp³-hybridized carbons (Fsp3) is 0.364. The van der Waals surface area contributed by atoms with Crippen LogP contribution in [0.15, 0.2) is 42.7 Å². The van der Waals surface area contributed by atoms with Crippen LogP contribution in [0.4, 0.5) is 5.13 Å². The van der Waals surface area contributed by atoms with E-state index in [4.69, 9.17) is 4.98 Å². The Bertz CT molecular complexity index is 1060. The van der Waals surface area contributed by atoms with Crippen LogP contribution in [0.25, 0.3) is 21.3 Å². The first-order valence-corrected chi connectivity index (χ1v) is 10.7. The van der Waals surface area contributed by atoms with Crippen LogP contribution in [0.3, 0.4) is 0 Å². The molecule has 0 aliphatic heterocycles. The van der Waals surface area contributed by atoms with Gasteiger partial charge in [0.2, 0.25) is 0 Å². The van der Waals surface area contributed by atoms with Crippen LogP contribution in [0.1, 0.15) is 43.2 Å². The van der Waals surface area contributed by atoms with Crippen molar-refractivity contribution in [2.75, 3.05) is 11.9 Å². The number of benzene rings is 1. The van der Waals surface area contributed by atoms with E-state index >= 15 is 0 Å². The Kier molecular flexibility index (Phi) is 4.54. The van der Waals surface area contributed by atoms with E-state index in [0.717, 1.165) is 35.2 Å². The molecule has 4 aromatic rings. The highest BCUT2D eigenvalue weighted by atomic mass is 32.1. The third kappa shape index (κ3) is 3.56. The van der Waals surface area contributed by atoms with Gasteiger partial charge in [-0.3, -0.25) is 0 Å². The van der Waals surface area contributed by atoms with Crippen LogP contribution in [0.2, 0.25) is 0 Å². The third-order valence-corrected chi connectivity index (χ3v) is 6.63. The zero-order valence-corrected chi connectivity index (χ0v) is 16.2. The van der Waals surface area contributed by atoms with Crippen LogP contribution in [0, 0.1) is 5.92 Å². The minimum absolute atomic E-state index is 0.816. The minimum Gasteiger partial charge on any atom is -0.361 e. The van der Waals surface area contributed by atoms with Gasteiger partial charge in [0.25, 0.3) is 0 Å². The van der Waals surface area contributed by atoms with Gasteiger partial charge in [0.15, 0.2) is 5.13 Å². The molecule has 3 aromatic heterocycles. The molecule has 5 rings (SSSR count). The molecule has 1 aliphatic carbocycles. The van der Waals surface area contributed by atoms with Crippen LogP contribution in [-0.2, 0) is 6.42 Å². The molecule has 0 unspecified atom stereocenters. The summed E-state index contributed by atoms with van der Waals surface area (Å²) in [5.74, 6) is 0.816. The fourth-order valence-corrected chi connectivity index (χ4v) is 5.09. The molecule has 1 saturated carbocycles. The summed E-state index contributed by atoms with van der Waals surface area (Å²) in [7, 11) is 0. The van der Waals surface area contributed by atoms with E-state index in [1.807, 2.05) is 12.3 Å². The maximum Gasteiger partial charge on any atom is 0.183 e. The number of rotatable bonds is 5. The van der Waals surface area contributed by atoms with Crippen LogP contribution >= 0.6 is 11.3 Å². The smallest absolute Gasteiger partial charge is 0.183 e. The molecule has 4 nitrogen and oxygen atoms in total. The molecule has 27 heavy (non-hydrogen) atoms. The van der Waals surface area contributed by atoms with E-state index in [9.17, 15) is 0 Å². The van der Waals surface area contributed by atoms with Gasteiger partial charge in [-0.2, -0.15) is 0 Å². The summed E-state index contributed by atoms with van der Waals surface area (Å²) in [5.41, 5.74) is 4.66. The summed E-state index contributed by atoms with van der Waals surface area (Å²) < 4.78 is 1.26. The molecule has 1 aliphatic rings. The summed E-state index contributed by atoms with van der Waals surface area (Å²) in [5, 5.41) is 5.85. The Balaban J connectivity index is 1.32. The van der Waals surface area contributed by atoms with Crippen molar-refractivity contribution in [3.05, 3.63) is 53.9 Å². The van der Waals surface area contributed by atoms with Gasteiger partial charge in [0.05, 0.1) is 10.2 Å². The lowest BCUT2D eigenvalue weighted by Crippen LogP contribution is -2.16. The summed E-state index contributed by atoms with van der Waals surface area (Å²) >= 11 is 1.77. The van der Waals surface area contributed by atoms with Crippen molar-refractivity contribution in [1.29, 1.82) is 0 Å². The quantitative estimate of drug-likeness (QED) is 0.466. The van der Waals surface area contributed by atoms with Gasteiger partial charge in [-0.05, 0) is 60.6 Å². The number of aromatic nitrogens is 3. The molecule has 3 heterocycles. The molecular formula is C22H24N4S. The summed E-state index contributed by atoms with van der Waals surface area (Å²) in [6, 6.07) is 10.8. The van der Waals surface area contributed by atoms with Gasteiger partial charge in [0.1, 0.15) is 5.65 Å². The Morgan fingerprint density at radius 1 is 1.15 bits per heavy atom. The Morgan fingerprint density at radius 2 is 2.07 bits per heavy atom. The second kappa shape index (κ2) is 7.31. The number of pyridine rings is 1. The van der Waals surface area contributed by atoms with Crippen molar-refractivity contribution < 1.29 is 0 Å². The van der Waals surface area contributed by atoms with Crippen molar-refractivity contribution >= 4 is 37.7 Å². The number of anilines is 1. The predicted octanol–water partition coefficient (Wildman–Crippen LogP) is 5.76. The molecule has 1 fully saturated rings. The van der Waals surface area contributed by atoms with Crippen LogP contribution in [-0.4, -0.2) is 21.5 Å². The summed E-state index contributed by atoms with van der Waals surface area (Å²) in [6.07, 6.45) is 11.7. The predicted molar refractivity (Wildman–Crippen MR) is 114 cm³/mol. The normalized spacial score (nSPS) is 15.6. The van der Waals surface area contributed by atoms with Gasteiger partial charge in [-0.15, -0.1) is 0 Å². The zero-order valence-electron chi connectivity index (χ0n) is 15.4. The maximum absolute atomic E-state index is 4.78. The molecule has 2 N–H and O–H groups in total. The monoisotopic (exact) mass is 376 g/mol. The highest BCUT2D eigenvalue weighted by Gasteiger charge is 2.14. The standard InChI is InChI=1S/C22H24N4S/c1-2-5-15(6-3-1)13-25-22-26-19-9-8-16(12-20(19)27-22)11-17-14-24-21-18(17)7-4-10-23-21/h4,7-10,12,14-15H,1-3,5-6,11,13H2,(H,23,24)(H,25,26). The van der Waals surface area contributed by atoms with Gasteiger partial charge in [-0.1, -0.05) is 36.7 Å². The van der Waals surface area contributed by atoms with E-state index in [2.05, 4.69) is 45.7 Å². The lowest BCUT2D eigenvalue weighted by molar-refractivity contribution is 0.373. The topological polar surface area (TPSA) is 53.6 Å². The molecular weight excluding hydrogens is 352 g/mol. The second-order valence-corrected chi connectivity index (χ2v) is 8.63. The van der Waals surface area contributed by atoms with E-state index in [0.29, 0.717) is 0 Å². The molecule has 5 heteroatoms. The van der Waals surface area contributed by atoms with Crippen molar-refractivity contribution in [1.82, 2.24) is 15.0 Å². The highest BCUT2D eigenvalue weighted by Crippen LogP contribution is 2.30. The van der Waals surface area contributed by atoms with Crippen LogP contribution < -0.4 is 5.32 Å². The number of fused-ring (bicyclic) bond motifs is 2. The minimum atomic E-state index is 0.816. The van der Waals surface area contributed by atoms with Gasteiger partial charge >= 0.3 is 0 Å². The Labute approximate surface area is 163 Å². The average Bonchev–Trinajstić information content (AvgIpc) is 3.31. The molecule has 0 spiro atoms. The largest absolute Gasteiger partial charge is 0.361 e. The summed E-state index contributed by atoms with van der Waals surface area (Å²) in [4.78, 5) is 12.4. The lowest BCUT2D eigenvalue weighted by atomic mass is 9.89. The Morgan fingerprint density at radius 3 is 3.00 bits per heavy atom. The maximum atomic E-state index is 4.78. The first-order valence-electron chi connectivity index (χ1n) is 9.89. The van der Waals surface area contributed by atoms with E-state index < -0.39 is 0 Å². The first kappa shape index (κ1) is 16.8. The lowest BCUT2D eigenvalue weighted by Gasteiger charge is -2.21. The van der Waals surface area contributed by atoms with E-state index in [1.165, 1.54) is 53.3 Å². The van der Waals surface area contributed by atoms with Gasteiger partial charge in [0, 0.05) is 24.3 Å². The number of nitrogens with zero attached hydrogens (tertiary/aromatic N) is 2. The average molecular weight is 377 g/mol. The number of thiazole rings is 1. The van der Waals surface area contributed by atoms with Crippen molar-refractivity contribution in [3.63, 3.8) is 0 Å². The number of hydrogen-bond acceptors (Lipinski definition) is 4. The van der Waals surface area contributed by atoms with Gasteiger partial charge < -0.3 is 10.3 Å². The fourth-order valence-electron chi connectivity index (χ4n) is 4.16. The molecule has 0 amide bonds. The number of nitrogens with one attached hydrogen (secondary N) is 2. The molecule has 138 valence electrons. The van der Waals surface area contributed by atoms with Crippen molar-refractivity contribution in [2.45, 2.75) is 38.5 Å². The van der Waals surface area contributed by atoms with Gasteiger partial charge in [-0.25, -0.2) is 9.97 Å². The SMILES string of the molecule is c1cnc2[nH]cc(Cc3ccc4nc(NCC5CCCCC5)sc4c3)c2c1. The number of hydrogen-bond donors (Lipinski definition) is 2. The third-order valence-electron chi connectivity index (χ3n) is 5.65.